The fourth-order valence-electron chi connectivity index (χ4n) is 0.810. The summed E-state index contributed by atoms with van der Waals surface area (Å²) in [5, 5.41) is 21.0. The van der Waals surface area contributed by atoms with Crippen molar-refractivity contribution in [1.82, 2.24) is 5.32 Å². The second-order valence-electron chi connectivity index (χ2n) is 2.96. The van der Waals surface area contributed by atoms with Crippen molar-refractivity contribution in [3.63, 3.8) is 0 Å². The number of carbonyl (C=O) groups is 1. The molecule has 4 nitrogen and oxygen atoms in total. The van der Waals surface area contributed by atoms with Gasteiger partial charge < -0.3 is 15.5 Å². The van der Waals surface area contributed by atoms with E-state index < -0.39 is 12.1 Å². The van der Waals surface area contributed by atoms with E-state index in [0.717, 1.165) is 6.54 Å². The Labute approximate surface area is 82.7 Å². The smallest absolute Gasteiger partial charge is 0.306 e. The van der Waals surface area contributed by atoms with Crippen LogP contribution >= 0.6 is 11.8 Å². The van der Waals surface area contributed by atoms with Crippen molar-refractivity contribution in [3.8, 4) is 0 Å². The molecule has 0 radical (unpaired) electrons. The lowest BCUT2D eigenvalue weighted by Crippen LogP contribution is -2.32. The molecule has 0 heterocycles. The van der Waals surface area contributed by atoms with E-state index >= 15 is 0 Å². The lowest BCUT2D eigenvalue weighted by molar-refractivity contribution is -0.139. The van der Waals surface area contributed by atoms with E-state index in [9.17, 15) is 4.79 Å². The van der Waals surface area contributed by atoms with Gasteiger partial charge in [0.2, 0.25) is 0 Å². The number of hydrogen-bond donors (Lipinski definition) is 3. The van der Waals surface area contributed by atoms with E-state index in [0.29, 0.717) is 11.8 Å². The molecule has 0 fully saturated rings. The van der Waals surface area contributed by atoms with Crippen LogP contribution in [0.4, 0.5) is 0 Å². The highest BCUT2D eigenvalue weighted by atomic mass is 32.2. The van der Waals surface area contributed by atoms with E-state index in [1.54, 1.807) is 11.8 Å². The molecule has 0 aliphatic heterocycles. The Balaban J connectivity index is 3.36. The van der Waals surface area contributed by atoms with Crippen LogP contribution in [0.3, 0.4) is 0 Å². The zero-order valence-electron chi connectivity index (χ0n) is 7.99. The topological polar surface area (TPSA) is 69.6 Å². The summed E-state index contributed by atoms with van der Waals surface area (Å²) >= 11 is 1.73. The molecule has 0 aromatic heterocycles. The zero-order chi connectivity index (χ0) is 10.3. The van der Waals surface area contributed by atoms with Crippen LogP contribution in [0.15, 0.2) is 0 Å². The van der Waals surface area contributed by atoms with Gasteiger partial charge in [-0.3, -0.25) is 4.79 Å². The highest BCUT2D eigenvalue weighted by Crippen LogP contribution is 2.02. The van der Waals surface area contributed by atoms with Crippen LogP contribution in [-0.2, 0) is 4.79 Å². The largest absolute Gasteiger partial charge is 0.481 e. The summed E-state index contributed by atoms with van der Waals surface area (Å²) < 4.78 is 0. The van der Waals surface area contributed by atoms with E-state index in [1.807, 2.05) is 6.26 Å². The summed E-state index contributed by atoms with van der Waals surface area (Å²) in [7, 11) is 0. The van der Waals surface area contributed by atoms with E-state index in [2.05, 4.69) is 12.2 Å². The minimum Gasteiger partial charge on any atom is -0.481 e. The molecule has 0 saturated heterocycles. The van der Waals surface area contributed by atoms with Crippen LogP contribution in [0.2, 0.25) is 0 Å². The van der Waals surface area contributed by atoms with Gasteiger partial charge in [0.1, 0.15) is 0 Å². The van der Waals surface area contributed by atoms with Crippen LogP contribution in [0.5, 0.6) is 0 Å². The molecule has 0 saturated carbocycles. The number of aliphatic carboxylic acids is 1. The average molecular weight is 207 g/mol. The molecule has 78 valence electrons. The Hall–Kier alpha value is -0.260. The first kappa shape index (κ1) is 12.7. The van der Waals surface area contributed by atoms with Gasteiger partial charge in [-0.15, -0.1) is 0 Å². The van der Waals surface area contributed by atoms with Crippen LogP contribution in [0.1, 0.15) is 13.3 Å². The summed E-state index contributed by atoms with van der Waals surface area (Å²) in [5.41, 5.74) is 0. The molecule has 0 rings (SSSR count). The number of hydrogen-bond acceptors (Lipinski definition) is 4. The standard InChI is InChI=1S/C8H17NO3S/c1-6(13-2)4-9-5-7(10)3-8(11)12/h6-7,9-10H,3-5H2,1-2H3,(H,11,12). The highest BCUT2D eigenvalue weighted by molar-refractivity contribution is 7.99. The predicted octanol–water partition coefficient (Wildman–Crippen LogP) is 0.163. The van der Waals surface area contributed by atoms with Crippen LogP contribution in [0, 0.1) is 0 Å². The van der Waals surface area contributed by atoms with Gasteiger partial charge in [-0.25, -0.2) is 0 Å². The van der Waals surface area contributed by atoms with Gasteiger partial charge in [0.05, 0.1) is 12.5 Å². The Bertz CT molecular complexity index is 154. The van der Waals surface area contributed by atoms with Gasteiger partial charge in [-0.2, -0.15) is 11.8 Å². The van der Waals surface area contributed by atoms with Gasteiger partial charge >= 0.3 is 5.97 Å². The Morgan fingerprint density at radius 2 is 2.15 bits per heavy atom. The van der Waals surface area contributed by atoms with Gasteiger partial charge in [0, 0.05) is 18.3 Å². The number of aliphatic hydroxyl groups excluding tert-OH is 1. The molecule has 3 N–H and O–H groups in total. The van der Waals surface area contributed by atoms with Gasteiger partial charge in [-0.1, -0.05) is 6.92 Å². The minimum atomic E-state index is -0.966. The number of nitrogens with one attached hydrogen (secondary N) is 1. The Morgan fingerprint density at radius 1 is 1.54 bits per heavy atom. The summed E-state index contributed by atoms with van der Waals surface area (Å²) in [5.74, 6) is -0.966. The maximum atomic E-state index is 10.2. The molecule has 0 aliphatic carbocycles. The van der Waals surface area contributed by atoms with Crippen LogP contribution < -0.4 is 5.32 Å². The van der Waals surface area contributed by atoms with Crippen molar-refractivity contribution in [1.29, 1.82) is 0 Å². The summed E-state index contributed by atoms with van der Waals surface area (Å²) in [6, 6.07) is 0. The molecule has 2 atom stereocenters. The third-order valence-electron chi connectivity index (χ3n) is 1.62. The molecule has 0 spiro atoms. The van der Waals surface area contributed by atoms with Crippen molar-refractivity contribution in [2.45, 2.75) is 24.7 Å². The number of carboxylic acid groups (broad SMARTS) is 1. The molecule has 5 heteroatoms. The number of aliphatic hydroxyl groups is 1. The van der Waals surface area contributed by atoms with Crippen molar-refractivity contribution < 1.29 is 15.0 Å². The average Bonchev–Trinajstić information content (AvgIpc) is 2.02. The molecular formula is C8H17NO3S. The number of rotatable bonds is 7. The molecule has 0 aromatic carbocycles. The first-order valence-corrected chi connectivity index (χ1v) is 5.48. The van der Waals surface area contributed by atoms with E-state index in [-0.39, 0.29) is 6.42 Å². The maximum absolute atomic E-state index is 10.2. The van der Waals surface area contributed by atoms with Crippen molar-refractivity contribution in [2.24, 2.45) is 0 Å². The molecule has 2 unspecified atom stereocenters. The van der Waals surface area contributed by atoms with E-state index in [4.69, 9.17) is 10.2 Å². The van der Waals surface area contributed by atoms with Gasteiger partial charge in [0.25, 0.3) is 0 Å². The highest BCUT2D eigenvalue weighted by Gasteiger charge is 2.08. The van der Waals surface area contributed by atoms with Crippen molar-refractivity contribution in [2.75, 3.05) is 19.3 Å². The predicted molar refractivity (Wildman–Crippen MR) is 54.1 cm³/mol. The molecule has 0 aromatic rings. The number of carboxylic acids is 1. The summed E-state index contributed by atoms with van der Waals surface area (Å²) in [6.45, 7) is 3.20. The zero-order valence-corrected chi connectivity index (χ0v) is 8.80. The molecule has 0 bridgehead atoms. The SMILES string of the molecule is CSC(C)CNCC(O)CC(=O)O. The first-order chi connectivity index (χ1) is 6.06. The molecular weight excluding hydrogens is 190 g/mol. The lowest BCUT2D eigenvalue weighted by Gasteiger charge is -2.12. The summed E-state index contributed by atoms with van der Waals surface area (Å²) in [4.78, 5) is 10.2. The molecule has 0 aliphatic rings. The minimum absolute atomic E-state index is 0.194. The van der Waals surface area contributed by atoms with E-state index in [1.165, 1.54) is 0 Å². The van der Waals surface area contributed by atoms with Crippen molar-refractivity contribution >= 4 is 17.7 Å². The van der Waals surface area contributed by atoms with Crippen LogP contribution in [-0.4, -0.2) is 46.9 Å². The number of thioether (sulfide) groups is 1. The summed E-state index contributed by atoms with van der Waals surface area (Å²) in [6.07, 6.45) is 1.03. The van der Waals surface area contributed by atoms with Gasteiger partial charge in [0.15, 0.2) is 0 Å². The quantitative estimate of drug-likeness (QED) is 0.555. The fourth-order valence-corrected chi connectivity index (χ4v) is 1.09. The van der Waals surface area contributed by atoms with Crippen molar-refractivity contribution in [3.05, 3.63) is 0 Å². The third-order valence-corrected chi connectivity index (χ3v) is 2.60. The van der Waals surface area contributed by atoms with Crippen LogP contribution in [0.25, 0.3) is 0 Å². The lowest BCUT2D eigenvalue weighted by atomic mass is 10.2. The molecule has 13 heavy (non-hydrogen) atoms. The maximum Gasteiger partial charge on any atom is 0.306 e. The fraction of sp³-hybridized carbons (Fsp3) is 0.875. The monoisotopic (exact) mass is 207 g/mol. The Morgan fingerprint density at radius 3 is 2.62 bits per heavy atom. The third kappa shape index (κ3) is 8.08. The molecule has 0 amide bonds. The second kappa shape index (κ2) is 7.17. The first-order valence-electron chi connectivity index (χ1n) is 4.19. The second-order valence-corrected chi connectivity index (χ2v) is 4.23. The normalized spacial score (nSPS) is 15.3. The van der Waals surface area contributed by atoms with Gasteiger partial charge in [-0.05, 0) is 6.26 Å². The Kier molecular flexibility index (Phi) is 7.03.